The average Bonchev–Trinajstić information content (AvgIpc) is 3.24. The highest BCUT2D eigenvalue weighted by Gasteiger charge is 2.50. The van der Waals surface area contributed by atoms with Crippen LogP contribution in [-0.4, -0.2) is 44.4 Å². The minimum atomic E-state index is -0.952. The topological polar surface area (TPSA) is 55.4 Å². The molecule has 0 aliphatic carbocycles. The van der Waals surface area contributed by atoms with Crippen LogP contribution in [-0.2, 0) is 53.8 Å². The first-order chi connectivity index (χ1) is 26.2. The molecule has 6 aromatic carbocycles. The number of methoxy groups -OCH3 is 1. The van der Waals surface area contributed by atoms with E-state index in [-0.39, 0.29) is 6.61 Å². The van der Waals surface area contributed by atoms with Crippen molar-refractivity contribution in [1.82, 2.24) is 0 Å². The van der Waals surface area contributed by atoms with E-state index in [1.165, 1.54) is 0 Å². The van der Waals surface area contributed by atoms with E-state index in [0.717, 1.165) is 33.4 Å². The fraction of sp³-hybridized carbons (Fsp3) is 0.234. The molecule has 0 radical (unpaired) electrons. The van der Waals surface area contributed by atoms with Crippen molar-refractivity contribution in [2.24, 2.45) is 0 Å². The van der Waals surface area contributed by atoms with E-state index in [1.807, 2.05) is 133 Å². The van der Waals surface area contributed by atoms with Gasteiger partial charge in [0.2, 0.25) is 0 Å². The average molecular weight is 707 g/mol. The smallest absolute Gasteiger partial charge is 0.187 e. The Bertz CT molecular complexity index is 1810. The molecule has 6 heteroatoms. The third kappa shape index (κ3) is 8.83. The highest BCUT2D eigenvalue weighted by molar-refractivity contribution is 5.47. The second kappa shape index (κ2) is 18.2. The van der Waals surface area contributed by atoms with E-state index in [1.54, 1.807) is 7.11 Å². The van der Waals surface area contributed by atoms with E-state index in [4.69, 9.17) is 28.4 Å². The summed E-state index contributed by atoms with van der Waals surface area (Å²) in [7, 11) is 1.69. The molecular weight excluding hydrogens is 661 g/mol. The molecular formula is C47H46O6. The molecule has 0 spiro atoms. The number of ether oxygens (including phenoxy) is 6. The van der Waals surface area contributed by atoms with Crippen molar-refractivity contribution in [2.45, 2.75) is 56.1 Å². The molecule has 0 N–H and O–H groups in total. The molecule has 6 aromatic rings. The maximum atomic E-state index is 7.29. The maximum absolute atomic E-state index is 7.29. The quantitative estimate of drug-likeness (QED) is 0.0937. The van der Waals surface area contributed by atoms with E-state index < -0.39 is 36.3 Å². The number of hydrogen-bond donors (Lipinski definition) is 0. The molecule has 1 fully saturated rings. The van der Waals surface area contributed by atoms with Crippen molar-refractivity contribution in [3.8, 4) is 0 Å². The molecule has 1 aliphatic heterocycles. The summed E-state index contributed by atoms with van der Waals surface area (Å²) >= 11 is 0. The molecule has 53 heavy (non-hydrogen) atoms. The molecule has 6 nitrogen and oxygen atoms in total. The van der Waals surface area contributed by atoms with Crippen LogP contribution in [0.25, 0.3) is 0 Å². The molecule has 7 rings (SSSR count). The maximum Gasteiger partial charge on any atom is 0.187 e. The second-order valence-electron chi connectivity index (χ2n) is 13.2. The van der Waals surface area contributed by atoms with Gasteiger partial charge >= 0.3 is 0 Å². The van der Waals surface area contributed by atoms with Crippen LogP contribution in [0, 0.1) is 0 Å². The Labute approximate surface area is 312 Å². The van der Waals surface area contributed by atoms with Gasteiger partial charge in [0, 0.05) is 7.11 Å². The van der Waals surface area contributed by atoms with Crippen LogP contribution in [0.3, 0.4) is 0 Å². The van der Waals surface area contributed by atoms with Gasteiger partial charge in [-0.25, -0.2) is 0 Å². The van der Waals surface area contributed by atoms with Crippen molar-refractivity contribution in [3.63, 3.8) is 0 Å². The summed E-state index contributed by atoms with van der Waals surface area (Å²) in [6.45, 7) is 1.20. The minimum absolute atomic E-state index is 0.166. The summed E-state index contributed by atoms with van der Waals surface area (Å²) in [5.41, 5.74) is 5.15. The van der Waals surface area contributed by atoms with Gasteiger partial charge in [-0.15, -0.1) is 0 Å². The lowest BCUT2D eigenvalue weighted by Gasteiger charge is -2.46. The van der Waals surface area contributed by atoms with Crippen molar-refractivity contribution in [3.05, 3.63) is 215 Å². The summed E-state index contributed by atoms with van der Waals surface area (Å²) in [5, 5.41) is 0. The van der Waals surface area contributed by atoms with Gasteiger partial charge in [-0.3, -0.25) is 0 Å². The predicted octanol–water partition coefficient (Wildman–Crippen LogP) is 9.12. The number of rotatable bonds is 16. The summed E-state index contributed by atoms with van der Waals surface area (Å²) in [4.78, 5) is 0. The lowest BCUT2D eigenvalue weighted by atomic mass is 9.80. The Morgan fingerprint density at radius 2 is 0.792 bits per heavy atom. The van der Waals surface area contributed by atoms with Gasteiger partial charge in [-0.1, -0.05) is 182 Å². The van der Waals surface area contributed by atoms with Gasteiger partial charge in [0.05, 0.1) is 26.4 Å². The molecule has 270 valence electrons. The lowest BCUT2D eigenvalue weighted by molar-refractivity contribution is -0.328. The summed E-state index contributed by atoms with van der Waals surface area (Å²) in [5.74, 6) is 0. The van der Waals surface area contributed by atoms with E-state index in [2.05, 4.69) is 48.5 Å². The fourth-order valence-electron chi connectivity index (χ4n) is 7.06. The summed E-state index contributed by atoms with van der Waals surface area (Å²) in [6.07, 6.45) is -3.12. The van der Waals surface area contributed by atoms with E-state index >= 15 is 0 Å². The normalized spacial score (nSPS) is 20.2. The van der Waals surface area contributed by atoms with Crippen LogP contribution in [0.4, 0.5) is 0 Å². The highest BCUT2D eigenvalue weighted by Crippen LogP contribution is 2.41. The summed E-state index contributed by atoms with van der Waals surface area (Å²) in [6, 6.07) is 61.3. The summed E-state index contributed by atoms with van der Waals surface area (Å²) < 4.78 is 40.7. The van der Waals surface area contributed by atoms with Crippen LogP contribution in [0.2, 0.25) is 0 Å². The number of hydrogen-bond acceptors (Lipinski definition) is 6. The molecule has 0 saturated carbocycles. The monoisotopic (exact) mass is 706 g/mol. The molecule has 5 atom stereocenters. The van der Waals surface area contributed by atoms with Crippen LogP contribution < -0.4 is 0 Å². The van der Waals surface area contributed by atoms with Crippen molar-refractivity contribution in [2.75, 3.05) is 13.7 Å². The predicted molar refractivity (Wildman–Crippen MR) is 206 cm³/mol. The second-order valence-corrected chi connectivity index (χ2v) is 13.2. The molecule has 1 saturated heterocycles. The Balaban J connectivity index is 1.25. The third-order valence-corrected chi connectivity index (χ3v) is 9.70. The number of benzene rings is 6. The molecule has 1 aliphatic rings. The van der Waals surface area contributed by atoms with Crippen LogP contribution in [0.1, 0.15) is 33.4 Å². The Kier molecular flexibility index (Phi) is 12.5. The standard InChI is InChI=1S/C47H46O6/c1-48-43-42(35-52-47(39-26-14-5-15-27-39,40-28-16-6-17-29-40)41-30-18-7-19-31-41)53-46(51-34-38-24-12-4-13-25-38)45(50-33-37-22-10-3-11-23-37)44(43)49-32-36-20-8-2-9-21-36/h2-31,42-46H,32-35H2,1H3/t42-,43-,44+,45-,46-/m1/s1. The zero-order valence-electron chi connectivity index (χ0n) is 30.0. The Hall–Kier alpha value is -4.92. The SMILES string of the molecule is CO[C@H]1[C@H](OCc2ccccc2)[C@@H](OCc2ccccc2)[C@H](OCc2ccccc2)O[C@@H]1COC(c1ccccc1)(c1ccccc1)c1ccccc1. The van der Waals surface area contributed by atoms with Crippen molar-refractivity contribution >= 4 is 0 Å². The van der Waals surface area contributed by atoms with Crippen LogP contribution in [0.5, 0.6) is 0 Å². The first-order valence-electron chi connectivity index (χ1n) is 18.2. The van der Waals surface area contributed by atoms with Gasteiger partial charge in [-0.2, -0.15) is 0 Å². The molecule has 0 aromatic heterocycles. The largest absolute Gasteiger partial charge is 0.376 e. The van der Waals surface area contributed by atoms with E-state index in [9.17, 15) is 0 Å². The van der Waals surface area contributed by atoms with Gasteiger partial charge in [-0.05, 0) is 33.4 Å². The van der Waals surface area contributed by atoms with Gasteiger partial charge in [0.15, 0.2) is 6.29 Å². The lowest BCUT2D eigenvalue weighted by Crippen LogP contribution is -2.62. The highest BCUT2D eigenvalue weighted by atomic mass is 16.7. The van der Waals surface area contributed by atoms with Gasteiger partial charge in [0.25, 0.3) is 0 Å². The third-order valence-electron chi connectivity index (χ3n) is 9.70. The van der Waals surface area contributed by atoms with Crippen LogP contribution in [0.15, 0.2) is 182 Å². The van der Waals surface area contributed by atoms with Crippen molar-refractivity contribution in [1.29, 1.82) is 0 Å². The molecule has 0 unspecified atom stereocenters. The first-order valence-corrected chi connectivity index (χ1v) is 18.2. The Morgan fingerprint density at radius 1 is 0.434 bits per heavy atom. The van der Waals surface area contributed by atoms with Gasteiger partial charge < -0.3 is 28.4 Å². The van der Waals surface area contributed by atoms with Crippen molar-refractivity contribution < 1.29 is 28.4 Å². The van der Waals surface area contributed by atoms with Crippen LogP contribution >= 0.6 is 0 Å². The minimum Gasteiger partial charge on any atom is -0.376 e. The molecule has 0 amide bonds. The fourth-order valence-corrected chi connectivity index (χ4v) is 7.06. The first kappa shape index (κ1) is 36.4. The molecule has 0 bridgehead atoms. The zero-order valence-corrected chi connectivity index (χ0v) is 30.0. The molecule has 1 heterocycles. The van der Waals surface area contributed by atoms with Gasteiger partial charge in [0.1, 0.15) is 30.0 Å². The van der Waals surface area contributed by atoms with E-state index in [0.29, 0.717) is 19.8 Å². The zero-order chi connectivity index (χ0) is 36.1. The Morgan fingerprint density at radius 3 is 1.19 bits per heavy atom.